The Kier molecular flexibility index (Phi) is 3.96. The molecule has 1 unspecified atom stereocenters. The van der Waals surface area contributed by atoms with E-state index in [-0.39, 0.29) is 29.6 Å². The maximum absolute atomic E-state index is 12.1. The Morgan fingerprint density at radius 2 is 2.14 bits per heavy atom. The molecule has 1 fully saturated rings. The monoisotopic (exact) mass is 310 g/mol. The molecule has 0 bridgehead atoms. The number of ether oxygens (including phenoxy) is 1. The van der Waals surface area contributed by atoms with E-state index in [4.69, 9.17) is 4.84 Å². The van der Waals surface area contributed by atoms with E-state index < -0.39 is 6.61 Å². The molecule has 22 heavy (non-hydrogen) atoms. The number of carbonyl (C=O) groups is 1. The van der Waals surface area contributed by atoms with Gasteiger partial charge in [0.25, 0.3) is 0 Å². The standard InChI is InChI=1S/C15H16F2N2O3/c1-8-6-13(19-22-8)18-14(20)12-7-11(12)9-2-4-10(5-3-9)21-15(16)17/h2-5,8,11-12,15H,6-7H2,1H3,(H,18,19,20)/t8?,11-,12+/m0/s1. The fourth-order valence-electron chi connectivity index (χ4n) is 2.56. The molecule has 0 saturated heterocycles. The zero-order valence-corrected chi connectivity index (χ0v) is 12.0. The molecule has 3 atom stereocenters. The van der Waals surface area contributed by atoms with E-state index in [1.54, 1.807) is 12.1 Å². The number of alkyl halides is 2. The van der Waals surface area contributed by atoms with Crippen LogP contribution in [0.25, 0.3) is 0 Å². The van der Waals surface area contributed by atoms with Gasteiger partial charge in [0.15, 0.2) is 5.84 Å². The summed E-state index contributed by atoms with van der Waals surface area (Å²) in [6.45, 7) is -0.951. The van der Waals surface area contributed by atoms with Gasteiger partial charge in [0.05, 0.1) is 0 Å². The number of halogens is 2. The molecule has 1 aliphatic heterocycles. The summed E-state index contributed by atoms with van der Waals surface area (Å²) in [6.07, 6.45) is 1.33. The van der Waals surface area contributed by atoms with Crippen LogP contribution in [0.4, 0.5) is 8.78 Å². The Hall–Kier alpha value is -2.18. The average Bonchev–Trinajstić information content (AvgIpc) is 3.17. The number of oxime groups is 1. The fraction of sp³-hybridized carbons (Fsp3) is 0.467. The minimum Gasteiger partial charge on any atom is -0.435 e. The van der Waals surface area contributed by atoms with Crippen molar-refractivity contribution in [1.82, 2.24) is 5.32 Å². The molecule has 0 aromatic heterocycles. The molecule has 3 rings (SSSR count). The van der Waals surface area contributed by atoms with Gasteiger partial charge in [-0.15, -0.1) is 0 Å². The van der Waals surface area contributed by atoms with Crippen LogP contribution in [-0.2, 0) is 9.63 Å². The number of nitrogens with zero attached hydrogens (tertiary/aromatic N) is 1. The lowest BCUT2D eigenvalue weighted by atomic mass is 10.1. The van der Waals surface area contributed by atoms with E-state index in [2.05, 4.69) is 15.2 Å². The molecule has 1 aromatic carbocycles. The Morgan fingerprint density at radius 3 is 2.73 bits per heavy atom. The number of nitrogens with one attached hydrogen (secondary N) is 1. The van der Waals surface area contributed by atoms with Gasteiger partial charge in [0.2, 0.25) is 5.91 Å². The number of carbonyl (C=O) groups excluding carboxylic acids is 1. The van der Waals surface area contributed by atoms with Crippen molar-refractivity contribution < 1.29 is 23.1 Å². The van der Waals surface area contributed by atoms with Crippen molar-refractivity contribution in [3.8, 4) is 5.75 Å². The van der Waals surface area contributed by atoms with E-state index >= 15 is 0 Å². The lowest BCUT2D eigenvalue weighted by Gasteiger charge is -2.06. The van der Waals surface area contributed by atoms with Crippen molar-refractivity contribution in [2.24, 2.45) is 11.1 Å². The molecule has 2 aliphatic rings. The third-order valence-corrected chi connectivity index (χ3v) is 3.75. The first-order valence-corrected chi connectivity index (χ1v) is 7.11. The van der Waals surface area contributed by atoms with Gasteiger partial charge in [-0.25, -0.2) is 0 Å². The molecule has 0 spiro atoms. The smallest absolute Gasteiger partial charge is 0.387 e. The van der Waals surface area contributed by atoms with Crippen LogP contribution in [0.15, 0.2) is 29.4 Å². The molecule has 118 valence electrons. The summed E-state index contributed by atoms with van der Waals surface area (Å²) in [5.41, 5.74) is 0.944. The molecule has 1 aliphatic carbocycles. The summed E-state index contributed by atoms with van der Waals surface area (Å²) in [5, 5.41) is 6.57. The molecule has 7 heteroatoms. The highest BCUT2D eigenvalue weighted by Gasteiger charge is 2.44. The lowest BCUT2D eigenvalue weighted by Crippen LogP contribution is -2.31. The van der Waals surface area contributed by atoms with Gasteiger partial charge in [0, 0.05) is 12.3 Å². The number of benzene rings is 1. The van der Waals surface area contributed by atoms with Crippen molar-refractivity contribution in [3.63, 3.8) is 0 Å². The predicted molar refractivity (Wildman–Crippen MR) is 74.7 cm³/mol. The van der Waals surface area contributed by atoms with Crippen molar-refractivity contribution >= 4 is 11.7 Å². The maximum atomic E-state index is 12.1. The zero-order valence-electron chi connectivity index (χ0n) is 12.0. The van der Waals surface area contributed by atoms with E-state index in [9.17, 15) is 13.6 Å². The van der Waals surface area contributed by atoms with Crippen LogP contribution in [0.2, 0.25) is 0 Å². The first-order chi connectivity index (χ1) is 10.5. The molecule has 1 saturated carbocycles. The summed E-state index contributed by atoms with van der Waals surface area (Å²) in [7, 11) is 0. The normalized spacial score (nSPS) is 26.4. The minimum absolute atomic E-state index is 0.00678. The largest absolute Gasteiger partial charge is 0.435 e. The van der Waals surface area contributed by atoms with Crippen molar-refractivity contribution in [2.45, 2.75) is 38.4 Å². The van der Waals surface area contributed by atoms with Crippen LogP contribution in [0, 0.1) is 5.92 Å². The second kappa shape index (κ2) is 5.90. The van der Waals surface area contributed by atoms with Crippen molar-refractivity contribution in [3.05, 3.63) is 29.8 Å². The Balaban J connectivity index is 1.54. The van der Waals surface area contributed by atoms with Gasteiger partial charge in [0.1, 0.15) is 11.9 Å². The lowest BCUT2D eigenvalue weighted by molar-refractivity contribution is -0.121. The van der Waals surface area contributed by atoms with Gasteiger partial charge in [-0.3, -0.25) is 4.79 Å². The third kappa shape index (κ3) is 3.35. The van der Waals surface area contributed by atoms with Crippen LogP contribution < -0.4 is 10.1 Å². The average molecular weight is 310 g/mol. The van der Waals surface area contributed by atoms with E-state index in [0.29, 0.717) is 12.3 Å². The Morgan fingerprint density at radius 1 is 1.41 bits per heavy atom. The highest BCUT2D eigenvalue weighted by atomic mass is 19.3. The summed E-state index contributed by atoms with van der Waals surface area (Å²) in [5.74, 6) is 0.603. The van der Waals surface area contributed by atoms with Crippen LogP contribution in [0.3, 0.4) is 0 Å². The maximum Gasteiger partial charge on any atom is 0.387 e. The first kappa shape index (κ1) is 14.7. The number of amidine groups is 1. The van der Waals surface area contributed by atoms with Gasteiger partial charge >= 0.3 is 6.61 Å². The zero-order chi connectivity index (χ0) is 15.7. The predicted octanol–water partition coefficient (Wildman–Crippen LogP) is 2.63. The van der Waals surface area contributed by atoms with Crippen LogP contribution >= 0.6 is 0 Å². The molecule has 1 N–H and O–H groups in total. The van der Waals surface area contributed by atoms with Gasteiger partial charge < -0.3 is 14.9 Å². The Bertz CT molecular complexity index is 589. The SMILES string of the molecule is CC1CC(NC(=O)[C@@H]2C[C@H]2c2ccc(OC(F)F)cc2)=NO1. The topological polar surface area (TPSA) is 59.9 Å². The van der Waals surface area contributed by atoms with Crippen LogP contribution in [0.1, 0.15) is 31.2 Å². The Labute approximate surface area is 126 Å². The molecule has 1 amide bonds. The van der Waals surface area contributed by atoms with Crippen molar-refractivity contribution in [2.75, 3.05) is 0 Å². The van der Waals surface area contributed by atoms with Crippen LogP contribution in [0.5, 0.6) is 5.75 Å². The number of hydrogen-bond acceptors (Lipinski definition) is 4. The van der Waals surface area contributed by atoms with Crippen LogP contribution in [-0.4, -0.2) is 24.5 Å². The van der Waals surface area contributed by atoms with E-state index in [1.807, 2.05) is 6.92 Å². The second-order valence-electron chi connectivity index (χ2n) is 5.54. The molecule has 1 heterocycles. The number of hydrogen-bond donors (Lipinski definition) is 1. The number of rotatable bonds is 4. The summed E-state index contributed by atoms with van der Waals surface area (Å²) in [6, 6.07) is 6.42. The molecule has 5 nitrogen and oxygen atoms in total. The molecular weight excluding hydrogens is 294 g/mol. The summed E-state index contributed by atoms with van der Waals surface area (Å²) < 4.78 is 28.5. The molecule has 0 radical (unpaired) electrons. The fourth-order valence-corrected chi connectivity index (χ4v) is 2.56. The molecule has 1 aromatic rings. The minimum atomic E-state index is -2.83. The van der Waals surface area contributed by atoms with Gasteiger partial charge in [-0.05, 0) is 37.0 Å². The summed E-state index contributed by atoms with van der Waals surface area (Å²) >= 11 is 0. The second-order valence-corrected chi connectivity index (χ2v) is 5.54. The first-order valence-electron chi connectivity index (χ1n) is 7.11. The highest BCUT2D eigenvalue weighted by Crippen LogP contribution is 2.47. The van der Waals surface area contributed by atoms with Crippen molar-refractivity contribution in [1.29, 1.82) is 0 Å². The highest BCUT2D eigenvalue weighted by molar-refractivity contribution is 6.00. The van der Waals surface area contributed by atoms with E-state index in [1.165, 1.54) is 12.1 Å². The number of amides is 1. The quantitative estimate of drug-likeness (QED) is 0.930. The molecular formula is C15H16F2N2O3. The third-order valence-electron chi connectivity index (χ3n) is 3.75. The van der Waals surface area contributed by atoms with Gasteiger partial charge in [-0.1, -0.05) is 17.3 Å². The summed E-state index contributed by atoms with van der Waals surface area (Å²) in [4.78, 5) is 17.1. The van der Waals surface area contributed by atoms with Gasteiger partial charge in [-0.2, -0.15) is 8.78 Å². The van der Waals surface area contributed by atoms with E-state index in [0.717, 1.165) is 12.0 Å².